The first kappa shape index (κ1) is 13.7. The average Bonchev–Trinajstić information content (AvgIpc) is 2.76. The van der Waals surface area contributed by atoms with Crippen molar-refractivity contribution in [3.05, 3.63) is 18.0 Å². The second-order valence-electron chi connectivity index (χ2n) is 4.23. The van der Waals surface area contributed by atoms with Crippen molar-refractivity contribution in [3.63, 3.8) is 0 Å². The molecule has 0 radical (unpaired) electrons. The molecule has 1 heterocycles. The summed E-state index contributed by atoms with van der Waals surface area (Å²) >= 11 is 0. The molecule has 3 N–H and O–H groups in total. The standard InChI is InChI=1S/C12H22N4O/c1-3-16-9-11(8-15-16)10(2)14-7-5-4-6-12(13)17/h8-10,14H,3-7H2,1-2H3,(H2,13,17). The van der Waals surface area contributed by atoms with Gasteiger partial charge in [0.1, 0.15) is 0 Å². The van der Waals surface area contributed by atoms with Crippen molar-refractivity contribution < 1.29 is 4.79 Å². The molecule has 1 atom stereocenters. The van der Waals surface area contributed by atoms with Crippen LogP contribution in [0.4, 0.5) is 0 Å². The number of nitrogens with zero attached hydrogens (tertiary/aromatic N) is 2. The number of nitrogens with one attached hydrogen (secondary N) is 1. The van der Waals surface area contributed by atoms with Gasteiger partial charge in [0.2, 0.25) is 5.91 Å². The summed E-state index contributed by atoms with van der Waals surface area (Å²) in [5.74, 6) is -0.220. The van der Waals surface area contributed by atoms with Gasteiger partial charge < -0.3 is 11.1 Å². The molecule has 17 heavy (non-hydrogen) atoms. The van der Waals surface area contributed by atoms with Gasteiger partial charge in [0.15, 0.2) is 0 Å². The Balaban J connectivity index is 2.20. The second kappa shape index (κ2) is 7.06. The number of hydrogen-bond acceptors (Lipinski definition) is 3. The summed E-state index contributed by atoms with van der Waals surface area (Å²) in [6.07, 6.45) is 6.24. The normalized spacial score (nSPS) is 12.6. The number of hydrogen-bond donors (Lipinski definition) is 2. The first-order chi connectivity index (χ1) is 8.13. The summed E-state index contributed by atoms with van der Waals surface area (Å²) < 4.78 is 1.92. The zero-order chi connectivity index (χ0) is 12.7. The van der Waals surface area contributed by atoms with Gasteiger partial charge in [-0.25, -0.2) is 0 Å². The van der Waals surface area contributed by atoms with Crippen LogP contribution in [0.2, 0.25) is 0 Å². The number of nitrogens with two attached hydrogens (primary N) is 1. The van der Waals surface area contributed by atoms with E-state index in [9.17, 15) is 4.79 Å². The molecule has 0 aliphatic heterocycles. The van der Waals surface area contributed by atoms with Crippen LogP contribution in [-0.2, 0) is 11.3 Å². The molecule has 0 aliphatic carbocycles. The van der Waals surface area contributed by atoms with Gasteiger partial charge in [-0.05, 0) is 33.2 Å². The highest BCUT2D eigenvalue weighted by Gasteiger charge is 2.06. The Morgan fingerprint density at radius 2 is 2.35 bits per heavy atom. The lowest BCUT2D eigenvalue weighted by atomic mass is 10.2. The molecule has 0 spiro atoms. The molecule has 0 aliphatic rings. The van der Waals surface area contributed by atoms with Crippen molar-refractivity contribution in [3.8, 4) is 0 Å². The molecule has 1 rings (SSSR count). The van der Waals surface area contributed by atoms with Gasteiger partial charge in [0, 0.05) is 30.8 Å². The Morgan fingerprint density at radius 3 is 2.94 bits per heavy atom. The molecule has 0 fully saturated rings. The lowest BCUT2D eigenvalue weighted by molar-refractivity contribution is -0.118. The molecule has 0 aromatic carbocycles. The quantitative estimate of drug-likeness (QED) is 0.669. The van der Waals surface area contributed by atoms with Gasteiger partial charge >= 0.3 is 0 Å². The fourth-order valence-corrected chi connectivity index (χ4v) is 1.64. The van der Waals surface area contributed by atoms with E-state index in [-0.39, 0.29) is 5.91 Å². The Bertz CT molecular complexity index is 348. The lowest BCUT2D eigenvalue weighted by Gasteiger charge is -2.11. The van der Waals surface area contributed by atoms with Crippen LogP contribution in [0, 0.1) is 0 Å². The number of unbranched alkanes of at least 4 members (excludes halogenated alkanes) is 1. The maximum atomic E-state index is 10.5. The van der Waals surface area contributed by atoms with E-state index in [4.69, 9.17) is 5.73 Å². The lowest BCUT2D eigenvalue weighted by Crippen LogP contribution is -2.20. The van der Waals surface area contributed by atoms with Gasteiger partial charge in [0.25, 0.3) is 0 Å². The fourth-order valence-electron chi connectivity index (χ4n) is 1.64. The Hall–Kier alpha value is -1.36. The van der Waals surface area contributed by atoms with Gasteiger partial charge in [-0.15, -0.1) is 0 Å². The van der Waals surface area contributed by atoms with Crippen LogP contribution in [0.3, 0.4) is 0 Å². The molecule has 0 saturated carbocycles. The number of carbonyl (C=O) groups is 1. The molecular weight excluding hydrogens is 216 g/mol. The molecule has 1 unspecified atom stereocenters. The van der Waals surface area contributed by atoms with E-state index in [2.05, 4.69) is 30.5 Å². The minimum absolute atomic E-state index is 0.220. The highest BCUT2D eigenvalue weighted by Crippen LogP contribution is 2.10. The van der Waals surface area contributed by atoms with Crippen molar-refractivity contribution in [2.24, 2.45) is 5.73 Å². The molecular formula is C12H22N4O. The number of aryl methyl sites for hydroxylation is 1. The molecule has 5 nitrogen and oxygen atoms in total. The molecule has 1 aromatic heterocycles. The van der Waals surface area contributed by atoms with Crippen molar-refractivity contribution in [1.29, 1.82) is 0 Å². The third-order valence-electron chi connectivity index (χ3n) is 2.78. The summed E-state index contributed by atoms with van der Waals surface area (Å²) in [5.41, 5.74) is 6.27. The van der Waals surface area contributed by atoms with Crippen molar-refractivity contribution in [1.82, 2.24) is 15.1 Å². The maximum absolute atomic E-state index is 10.5. The van der Waals surface area contributed by atoms with E-state index in [0.29, 0.717) is 12.5 Å². The van der Waals surface area contributed by atoms with Crippen molar-refractivity contribution in [2.75, 3.05) is 6.54 Å². The molecule has 0 bridgehead atoms. The van der Waals surface area contributed by atoms with Crippen molar-refractivity contribution in [2.45, 2.75) is 45.7 Å². The number of aromatic nitrogens is 2. The zero-order valence-electron chi connectivity index (χ0n) is 10.6. The van der Waals surface area contributed by atoms with Crippen LogP contribution in [0.15, 0.2) is 12.4 Å². The Labute approximate surface area is 102 Å². The zero-order valence-corrected chi connectivity index (χ0v) is 10.6. The van der Waals surface area contributed by atoms with Gasteiger partial charge in [0.05, 0.1) is 6.20 Å². The predicted molar refractivity (Wildman–Crippen MR) is 67.4 cm³/mol. The number of rotatable bonds is 8. The fraction of sp³-hybridized carbons (Fsp3) is 0.667. The molecule has 5 heteroatoms. The topological polar surface area (TPSA) is 72.9 Å². The molecule has 1 aromatic rings. The molecule has 96 valence electrons. The van der Waals surface area contributed by atoms with Gasteiger partial charge in [-0.1, -0.05) is 0 Å². The summed E-state index contributed by atoms with van der Waals surface area (Å²) in [6, 6.07) is 0.295. The summed E-state index contributed by atoms with van der Waals surface area (Å²) in [4.78, 5) is 10.5. The van der Waals surface area contributed by atoms with E-state index >= 15 is 0 Å². The number of primary amides is 1. The monoisotopic (exact) mass is 238 g/mol. The predicted octanol–water partition coefficient (Wildman–Crippen LogP) is 1.21. The van der Waals surface area contributed by atoms with E-state index in [1.54, 1.807) is 0 Å². The van der Waals surface area contributed by atoms with Crippen LogP contribution >= 0.6 is 0 Å². The Kier molecular flexibility index (Phi) is 5.69. The smallest absolute Gasteiger partial charge is 0.217 e. The second-order valence-corrected chi connectivity index (χ2v) is 4.23. The van der Waals surface area contributed by atoms with E-state index in [0.717, 1.165) is 25.9 Å². The first-order valence-electron chi connectivity index (χ1n) is 6.17. The van der Waals surface area contributed by atoms with E-state index < -0.39 is 0 Å². The van der Waals surface area contributed by atoms with Crippen LogP contribution in [0.5, 0.6) is 0 Å². The number of amides is 1. The van der Waals surface area contributed by atoms with Crippen LogP contribution < -0.4 is 11.1 Å². The Morgan fingerprint density at radius 1 is 1.59 bits per heavy atom. The van der Waals surface area contributed by atoms with E-state index in [1.165, 1.54) is 5.56 Å². The molecule has 0 saturated heterocycles. The van der Waals surface area contributed by atoms with Gasteiger partial charge in [-0.3, -0.25) is 9.48 Å². The largest absolute Gasteiger partial charge is 0.370 e. The minimum atomic E-state index is -0.220. The van der Waals surface area contributed by atoms with E-state index in [1.807, 2.05) is 10.9 Å². The summed E-state index contributed by atoms with van der Waals surface area (Å²) in [7, 11) is 0. The molecule has 1 amide bonds. The van der Waals surface area contributed by atoms with Crippen LogP contribution in [0.1, 0.15) is 44.7 Å². The highest BCUT2D eigenvalue weighted by molar-refractivity contribution is 5.73. The first-order valence-corrected chi connectivity index (χ1v) is 6.17. The minimum Gasteiger partial charge on any atom is -0.370 e. The van der Waals surface area contributed by atoms with Crippen molar-refractivity contribution >= 4 is 5.91 Å². The van der Waals surface area contributed by atoms with Gasteiger partial charge in [-0.2, -0.15) is 5.10 Å². The summed E-state index contributed by atoms with van der Waals surface area (Å²) in [5, 5.41) is 7.64. The van der Waals surface area contributed by atoms with Crippen LogP contribution in [0.25, 0.3) is 0 Å². The highest BCUT2D eigenvalue weighted by atomic mass is 16.1. The third kappa shape index (κ3) is 4.99. The average molecular weight is 238 g/mol. The maximum Gasteiger partial charge on any atom is 0.217 e. The summed E-state index contributed by atoms with van der Waals surface area (Å²) in [6.45, 7) is 5.97. The SMILES string of the molecule is CCn1cc(C(C)NCCCCC(N)=O)cn1. The number of carbonyl (C=O) groups excluding carboxylic acids is 1. The van der Waals surface area contributed by atoms with Crippen LogP contribution in [-0.4, -0.2) is 22.2 Å². The third-order valence-corrected chi connectivity index (χ3v) is 2.78.